The van der Waals surface area contributed by atoms with E-state index in [9.17, 15) is 4.79 Å². The Hall–Kier alpha value is -1.38. The molecule has 0 spiro atoms. The van der Waals surface area contributed by atoms with Gasteiger partial charge in [-0.2, -0.15) is 10.2 Å². The van der Waals surface area contributed by atoms with E-state index in [-0.39, 0.29) is 5.91 Å². The van der Waals surface area contributed by atoms with E-state index >= 15 is 0 Å². The fraction of sp³-hybridized carbons (Fsp3) is 0.417. The van der Waals surface area contributed by atoms with Crippen LogP contribution in [0.1, 0.15) is 23.1 Å². The number of carbonyl (C=O) groups excluding carboxylic acids is 1. The molecular weight excluding hydrogens is 357 g/mol. The Balaban J connectivity index is 2.14. The maximum Gasteiger partial charge on any atom is 0.275 e. The van der Waals surface area contributed by atoms with Crippen molar-refractivity contribution < 1.29 is 4.79 Å². The third kappa shape index (κ3) is 2.96. The molecule has 2 heterocycles. The minimum atomic E-state index is -0.0751. The number of amides is 1. The van der Waals surface area contributed by atoms with Crippen molar-refractivity contribution in [1.29, 1.82) is 0 Å². The van der Waals surface area contributed by atoms with Gasteiger partial charge in [-0.15, -0.1) is 0 Å². The molecule has 6 nitrogen and oxygen atoms in total. The number of nitrogens with zero attached hydrogens (tertiary/aromatic N) is 5. The largest absolute Gasteiger partial charge is 0.334 e. The second kappa shape index (κ2) is 5.72. The monoisotopic (exact) mass is 373 g/mol. The second-order valence-corrected chi connectivity index (χ2v) is 5.46. The lowest BCUT2D eigenvalue weighted by Gasteiger charge is -2.16. The highest BCUT2D eigenvalue weighted by molar-refractivity contribution is 14.1. The standard InChI is InChI=1S/C12H16IN5O/c1-4-18-9(5-6-14-18)7-16(2)12(19)11-10(13)8-17(3)15-11/h5-6,8H,4,7H2,1-3H3. The zero-order valence-corrected chi connectivity index (χ0v) is 13.3. The van der Waals surface area contributed by atoms with Crippen molar-refractivity contribution in [3.8, 4) is 0 Å². The molecule has 102 valence electrons. The van der Waals surface area contributed by atoms with Crippen LogP contribution in [0.5, 0.6) is 0 Å². The summed E-state index contributed by atoms with van der Waals surface area (Å²) in [7, 11) is 3.59. The van der Waals surface area contributed by atoms with Crippen molar-refractivity contribution in [1.82, 2.24) is 24.5 Å². The van der Waals surface area contributed by atoms with Crippen molar-refractivity contribution in [2.75, 3.05) is 7.05 Å². The summed E-state index contributed by atoms with van der Waals surface area (Å²) in [4.78, 5) is 14.0. The lowest BCUT2D eigenvalue weighted by Crippen LogP contribution is -2.28. The second-order valence-electron chi connectivity index (χ2n) is 4.30. The Bertz CT molecular complexity index is 589. The van der Waals surface area contributed by atoms with Crippen LogP contribution in [0.25, 0.3) is 0 Å². The van der Waals surface area contributed by atoms with E-state index in [0.29, 0.717) is 12.2 Å². The number of aryl methyl sites for hydroxylation is 2. The Morgan fingerprint density at radius 3 is 2.84 bits per heavy atom. The van der Waals surface area contributed by atoms with Crippen LogP contribution >= 0.6 is 22.6 Å². The fourth-order valence-electron chi connectivity index (χ4n) is 1.88. The molecule has 0 aliphatic carbocycles. The normalized spacial score (nSPS) is 10.7. The van der Waals surface area contributed by atoms with Crippen LogP contribution in [0.2, 0.25) is 0 Å². The van der Waals surface area contributed by atoms with Crippen molar-refractivity contribution in [2.24, 2.45) is 7.05 Å². The van der Waals surface area contributed by atoms with Crippen LogP contribution in [0, 0.1) is 3.57 Å². The molecule has 0 aliphatic heterocycles. The molecule has 1 amide bonds. The van der Waals surface area contributed by atoms with Crippen LogP contribution in [-0.2, 0) is 20.1 Å². The SMILES string of the molecule is CCn1nccc1CN(C)C(=O)c1nn(C)cc1I. The number of carbonyl (C=O) groups is 1. The van der Waals surface area contributed by atoms with Gasteiger partial charge in [0.05, 0.1) is 15.8 Å². The molecule has 0 unspecified atom stereocenters. The minimum absolute atomic E-state index is 0.0751. The first-order valence-corrected chi connectivity index (χ1v) is 7.06. The summed E-state index contributed by atoms with van der Waals surface area (Å²) < 4.78 is 4.40. The van der Waals surface area contributed by atoms with Gasteiger partial charge in [0, 0.05) is 33.0 Å². The van der Waals surface area contributed by atoms with Gasteiger partial charge in [0.2, 0.25) is 0 Å². The molecule has 0 atom stereocenters. The average molecular weight is 373 g/mol. The van der Waals surface area contributed by atoms with Crippen LogP contribution in [0.4, 0.5) is 0 Å². The van der Waals surface area contributed by atoms with Gasteiger partial charge in [0.1, 0.15) is 0 Å². The van der Waals surface area contributed by atoms with Gasteiger partial charge in [-0.3, -0.25) is 14.2 Å². The first kappa shape index (κ1) is 14.0. The quantitative estimate of drug-likeness (QED) is 0.764. The first-order valence-electron chi connectivity index (χ1n) is 5.98. The Morgan fingerprint density at radius 2 is 2.26 bits per heavy atom. The molecule has 0 N–H and O–H groups in total. The molecule has 19 heavy (non-hydrogen) atoms. The molecule has 2 aromatic rings. The highest BCUT2D eigenvalue weighted by Gasteiger charge is 2.19. The van der Waals surface area contributed by atoms with Crippen LogP contribution in [-0.4, -0.2) is 37.4 Å². The van der Waals surface area contributed by atoms with E-state index in [1.807, 2.05) is 30.9 Å². The van der Waals surface area contributed by atoms with Crippen LogP contribution in [0.3, 0.4) is 0 Å². The zero-order valence-electron chi connectivity index (χ0n) is 11.2. The third-order valence-corrected chi connectivity index (χ3v) is 3.63. The number of hydrogen-bond acceptors (Lipinski definition) is 3. The first-order chi connectivity index (χ1) is 9.02. The van der Waals surface area contributed by atoms with E-state index < -0.39 is 0 Å². The number of halogens is 1. The van der Waals surface area contributed by atoms with E-state index in [2.05, 4.69) is 32.8 Å². The molecule has 0 radical (unpaired) electrons. The van der Waals surface area contributed by atoms with Gasteiger partial charge >= 0.3 is 0 Å². The summed E-state index contributed by atoms with van der Waals surface area (Å²) in [6.45, 7) is 3.35. The van der Waals surface area contributed by atoms with Gasteiger partial charge in [0.15, 0.2) is 5.69 Å². The molecule has 2 aromatic heterocycles. The summed E-state index contributed by atoms with van der Waals surface area (Å²) in [6.07, 6.45) is 3.58. The zero-order chi connectivity index (χ0) is 14.0. The molecule has 2 rings (SSSR count). The van der Waals surface area contributed by atoms with Gasteiger partial charge in [-0.1, -0.05) is 0 Å². The molecule has 0 saturated carbocycles. The summed E-state index contributed by atoms with van der Waals surface area (Å²) in [5.74, 6) is -0.0751. The Labute approximate surface area is 125 Å². The Kier molecular flexibility index (Phi) is 4.23. The van der Waals surface area contributed by atoms with Gasteiger partial charge in [-0.25, -0.2) is 0 Å². The smallest absolute Gasteiger partial charge is 0.275 e. The summed E-state index contributed by atoms with van der Waals surface area (Å²) >= 11 is 2.13. The Morgan fingerprint density at radius 1 is 1.53 bits per heavy atom. The highest BCUT2D eigenvalue weighted by Crippen LogP contribution is 2.13. The maximum atomic E-state index is 12.3. The van der Waals surface area contributed by atoms with Crippen molar-refractivity contribution in [3.63, 3.8) is 0 Å². The molecule has 0 bridgehead atoms. The molecule has 0 aliphatic rings. The van der Waals surface area contributed by atoms with E-state index in [1.54, 1.807) is 22.8 Å². The van der Waals surface area contributed by atoms with Crippen molar-refractivity contribution in [2.45, 2.75) is 20.0 Å². The van der Waals surface area contributed by atoms with E-state index in [4.69, 9.17) is 0 Å². The highest BCUT2D eigenvalue weighted by atomic mass is 127. The summed E-state index contributed by atoms with van der Waals surface area (Å²) in [5.41, 5.74) is 1.51. The lowest BCUT2D eigenvalue weighted by molar-refractivity contribution is 0.0774. The van der Waals surface area contributed by atoms with Gasteiger partial charge < -0.3 is 4.90 Å². The molecule has 0 fully saturated rings. The molecular formula is C12H16IN5O. The third-order valence-electron chi connectivity index (χ3n) is 2.84. The lowest BCUT2D eigenvalue weighted by atomic mass is 10.3. The van der Waals surface area contributed by atoms with Crippen molar-refractivity contribution >= 4 is 28.5 Å². The van der Waals surface area contributed by atoms with Crippen molar-refractivity contribution in [3.05, 3.63) is 33.4 Å². The van der Waals surface area contributed by atoms with E-state index in [0.717, 1.165) is 15.8 Å². The van der Waals surface area contributed by atoms with E-state index in [1.165, 1.54) is 0 Å². The van der Waals surface area contributed by atoms with Gasteiger partial charge in [-0.05, 0) is 35.6 Å². The molecule has 0 saturated heterocycles. The number of aromatic nitrogens is 4. The topological polar surface area (TPSA) is 56.0 Å². The predicted molar refractivity (Wildman–Crippen MR) is 79.6 cm³/mol. The minimum Gasteiger partial charge on any atom is -0.334 e. The van der Waals surface area contributed by atoms with Gasteiger partial charge in [0.25, 0.3) is 5.91 Å². The number of rotatable bonds is 4. The molecule has 7 heteroatoms. The van der Waals surface area contributed by atoms with Crippen LogP contribution < -0.4 is 0 Å². The molecule has 0 aromatic carbocycles. The van der Waals surface area contributed by atoms with Crippen LogP contribution in [0.15, 0.2) is 18.5 Å². The number of hydrogen-bond donors (Lipinski definition) is 0. The average Bonchev–Trinajstić information content (AvgIpc) is 2.94. The predicted octanol–water partition coefficient (Wildman–Crippen LogP) is 1.51. The summed E-state index contributed by atoms with van der Waals surface area (Å²) in [5, 5.41) is 8.40. The maximum absolute atomic E-state index is 12.3. The summed E-state index contributed by atoms with van der Waals surface area (Å²) in [6, 6.07) is 1.93. The fourth-order valence-corrected chi connectivity index (χ4v) is 2.62.